The van der Waals surface area contributed by atoms with E-state index in [-0.39, 0.29) is 35.0 Å². The van der Waals surface area contributed by atoms with Gasteiger partial charge < -0.3 is 10.2 Å². The summed E-state index contributed by atoms with van der Waals surface area (Å²) in [7, 11) is 1.72. The number of hydrogen-bond acceptors (Lipinski definition) is 2. The van der Waals surface area contributed by atoms with E-state index in [0.29, 0.717) is 16.7 Å². The highest BCUT2D eigenvalue weighted by molar-refractivity contribution is 5.97. The molecule has 0 saturated heterocycles. The van der Waals surface area contributed by atoms with Crippen molar-refractivity contribution in [3.63, 3.8) is 0 Å². The minimum absolute atomic E-state index is 0.00825. The van der Waals surface area contributed by atoms with Crippen LogP contribution in [0.2, 0.25) is 0 Å². The van der Waals surface area contributed by atoms with E-state index in [9.17, 15) is 18.4 Å². The van der Waals surface area contributed by atoms with Gasteiger partial charge in [-0.3, -0.25) is 9.59 Å². The third-order valence-electron chi connectivity index (χ3n) is 6.22. The highest BCUT2D eigenvalue weighted by Crippen LogP contribution is 2.30. The number of carbonyl (C=O) groups is 2. The van der Waals surface area contributed by atoms with E-state index in [1.54, 1.807) is 31.0 Å². The Morgan fingerprint density at radius 3 is 2.33 bits per heavy atom. The lowest BCUT2D eigenvalue weighted by molar-refractivity contribution is 0.0730. The summed E-state index contributed by atoms with van der Waals surface area (Å²) in [6.07, 6.45) is 5.91. The topological polar surface area (TPSA) is 49.4 Å². The maximum atomic E-state index is 14.9. The van der Waals surface area contributed by atoms with Gasteiger partial charge in [-0.2, -0.15) is 0 Å². The molecule has 6 heteroatoms. The zero-order chi connectivity index (χ0) is 21.4. The molecule has 0 atom stereocenters. The molecule has 1 N–H and O–H groups in total. The van der Waals surface area contributed by atoms with E-state index in [2.05, 4.69) is 5.32 Å². The third-order valence-corrected chi connectivity index (χ3v) is 6.22. The van der Waals surface area contributed by atoms with Crippen LogP contribution in [0.5, 0.6) is 0 Å². The van der Waals surface area contributed by atoms with Crippen molar-refractivity contribution in [2.24, 2.45) is 0 Å². The van der Waals surface area contributed by atoms with E-state index in [1.165, 1.54) is 18.2 Å². The van der Waals surface area contributed by atoms with Crippen LogP contribution < -0.4 is 5.32 Å². The van der Waals surface area contributed by atoms with Gasteiger partial charge in [-0.25, -0.2) is 8.78 Å². The van der Waals surface area contributed by atoms with Gasteiger partial charge in [0, 0.05) is 24.7 Å². The smallest absolute Gasteiger partial charge is 0.256 e. The summed E-state index contributed by atoms with van der Waals surface area (Å²) in [6, 6.07) is 7.41. The third kappa shape index (κ3) is 4.09. The lowest BCUT2D eigenvalue weighted by Gasteiger charge is -2.24. The minimum atomic E-state index is -0.644. The summed E-state index contributed by atoms with van der Waals surface area (Å²) in [5.74, 6) is -1.83. The van der Waals surface area contributed by atoms with Crippen LogP contribution >= 0.6 is 0 Å². The Kier molecular flexibility index (Phi) is 5.58. The fourth-order valence-corrected chi connectivity index (χ4v) is 4.11. The lowest BCUT2D eigenvalue weighted by Crippen LogP contribution is -2.35. The van der Waals surface area contributed by atoms with Crippen molar-refractivity contribution < 1.29 is 18.4 Å². The van der Waals surface area contributed by atoms with Crippen LogP contribution in [0.25, 0.3) is 11.1 Å². The summed E-state index contributed by atoms with van der Waals surface area (Å²) in [5.41, 5.74) is 1.43. The Bertz CT molecular complexity index is 995. The second-order valence-electron chi connectivity index (χ2n) is 8.43. The molecule has 2 aliphatic carbocycles. The summed E-state index contributed by atoms with van der Waals surface area (Å²) >= 11 is 0. The van der Waals surface area contributed by atoms with Gasteiger partial charge in [0.1, 0.15) is 11.6 Å². The van der Waals surface area contributed by atoms with Crippen molar-refractivity contribution in [2.45, 2.75) is 57.5 Å². The molecule has 2 fully saturated rings. The van der Waals surface area contributed by atoms with E-state index in [1.807, 2.05) is 0 Å². The second-order valence-corrected chi connectivity index (χ2v) is 8.43. The molecule has 0 spiro atoms. The van der Waals surface area contributed by atoms with Gasteiger partial charge in [0.15, 0.2) is 0 Å². The first kappa shape index (κ1) is 20.5. The average molecular weight is 412 g/mol. The molecule has 2 aromatic carbocycles. The van der Waals surface area contributed by atoms with Gasteiger partial charge in [-0.15, -0.1) is 0 Å². The first-order chi connectivity index (χ1) is 14.3. The van der Waals surface area contributed by atoms with Gasteiger partial charge in [0.25, 0.3) is 11.8 Å². The van der Waals surface area contributed by atoms with Crippen LogP contribution in [0.3, 0.4) is 0 Å². The van der Waals surface area contributed by atoms with E-state index >= 15 is 0 Å². The van der Waals surface area contributed by atoms with Crippen LogP contribution in [0.1, 0.15) is 64.8 Å². The zero-order valence-corrected chi connectivity index (χ0v) is 17.3. The van der Waals surface area contributed by atoms with Crippen molar-refractivity contribution in [1.29, 1.82) is 0 Å². The maximum Gasteiger partial charge on any atom is 0.256 e. The molecule has 0 radical (unpaired) electrons. The number of halogens is 2. The molecule has 0 aromatic heterocycles. The van der Waals surface area contributed by atoms with Gasteiger partial charge in [-0.05, 0) is 73.6 Å². The first-order valence-corrected chi connectivity index (χ1v) is 10.5. The van der Waals surface area contributed by atoms with E-state index in [4.69, 9.17) is 0 Å². The molecule has 4 rings (SSSR count). The van der Waals surface area contributed by atoms with E-state index in [0.717, 1.165) is 38.5 Å². The lowest BCUT2D eigenvalue weighted by atomic mass is 9.96. The molecule has 30 heavy (non-hydrogen) atoms. The number of nitrogens with one attached hydrogen (secondary N) is 1. The molecular formula is C24H26F2N2O2. The Morgan fingerprint density at radius 1 is 1.00 bits per heavy atom. The monoisotopic (exact) mass is 412 g/mol. The van der Waals surface area contributed by atoms with Crippen molar-refractivity contribution in [2.75, 3.05) is 7.05 Å². The molecule has 2 aliphatic rings. The highest BCUT2D eigenvalue weighted by Gasteiger charge is 2.27. The van der Waals surface area contributed by atoms with Gasteiger partial charge in [-0.1, -0.05) is 18.9 Å². The molecule has 0 unspecified atom stereocenters. The average Bonchev–Trinajstić information content (AvgIpc) is 3.37. The number of carbonyl (C=O) groups excluding carboxylic acids is 2. The number of hydrogen-bond donors (Lipinski definition) is 1. The molecule has 2 amide bonds. The number of benzene rings is 2. The summed E-state index contributed by atoms with van der Waals surface area (Å²) in [6.45, 7) is 1.60. The summed E-state index contributed by atoms with van der Waals surface area (Å²) in [4.78, 5) is 26.7. The Morgan fingerprint density at radius 2 is 1.70 bits per heavy atom. The Hall–Kier alpha value is -2.76. The Labute approximate surface area is 175 Å². The predicted octanol–water partition coefficient (Wildman–Crippen LogP) is 4.85. The van der Waals surface area contributed by atoms with Crippen LogP contribution in [0, 0.1) is 18.6 Å². The van der Waals surface area contributed by atoms with Gasteiger partial charge in [0.05, 0.1) is 5.56 Å². The molecule has 0 aliphatic heterocycles. The molecule has 2 aromatic rings. The van der Waals surface area contributed by atoms with Crippen LogP contribution in [0.15, 0.2) is 30.3 Å². The predicted molar refractivity (Wildman–Crippen MR) is 111 cm³/mol. The van der Waals surface area contributed by atoms with E-state index < -0.39 is 11.6 Å². The van der Waals surface area contributed by atoms with Gasteiger partial charge >= 0.3 is 0 Å². The second kappa shape index (κ2) is 8.17. The van der Waals surface area contributed by atoms with Gasteiger partial charge in [0.2, 0.25) is 0 Å². The minimum Gasteiger partial charge on any atom is -0.349 e. The fraction of sp³-hybridized carbons (Fsp3) is 0.417. The number of rotatable bonds is 5. The molecule has 4 nitrogen and oxygen atoms in total. The van der Waals surface area contributed by atoms with Crippen molar-refractivity contribution in [1.82, 2.24) is 10.2 Å². The molecule has 0 bridgehead atoms. The number of amides is 2. The zero-order valence-electron chi connectivity index (χ0n) is 17.3. The summed E-state index contributed by atoms with van der Waals surface area (Å²) in [5, 5.41) is 2.84. The van der Waals surface area contributed by atoms with Crippen molar-refractivity contribution >= 4 is 11.8 Å². The van der Waals surface area contributed by atoms with Crippen molar-refractivity contribution in [3.05, 3.63) is 58.7 Å². The molecule has 2 saturated carbocycles. The molecule has 0 heterocycles. The highest BCUT2D eigenvalue weighted by atomic mass is 19.1. The quantitative estimate of drug-likeness (QED) is 0.763. The number of nitrogens with zero attached hydrogens (tertiary/aromatic N) is 1. The Balaban J connectivity index is 1.62. The molecular weight excluding hydrogens is 386 g/mol. The molecule has 158 valence electrons. The van der Waals surface area contributed by atoms with Crippen LogP contribution in [0.4, 0.5) is 8.78 Å². The SMILES string of the molecule is Cc1c(F)cc(C(=O)NC2CC2)cc1-c1ccc(C(=O)N(C)C2CCCC2)c(F)c1. The van der Waals surface area contributed by atoms with Crippen LogP contribution in [-0.4, -0.2) is 35.8 Å². The standard InChI is InChI=1S/C24H26F2N2O2/c1-14-20(11-16(13-21(14)25)23(29)27-17-8-9-17)15-7-10-19(22(26)12-15)24(30)28(2)18-5-3-4-6-18/h7,10-13,17-18H,3-6,8-9H2,1-2H3,(H,27,29). The first-order valence-electron chi connectivity index (χ1n) is 10.5. The normalized spacial score (nSPS) is 16.5. The van der Waals surface area contributed by atoms with Crippen LogP contribution in [-0.2, 0) is 0 Å². The van der Waals surface area contributed by atoms with Crippen molar-refractivity contribution in [3.8, 4) is 11.1 Å². The maximum absolute atomic E-state index is 14.9. The largest absolute Gasteiger partial charge is 0.349 e. The fourth-order valence-electron chi connectivity index (χ4n) is 4.11. The summed E-state index contributed by atoms with van der Waals surface area (Å²) < 4.78 is 29.4.